The number of nitrogens with zero attached hydrogens (tertiary/aromatic N) is 2. The van der Waals surface area contributed by atoms with E-state index in [1.165, 1.54) is 21.7 Å². The summed E-state index contributed by atoms with van der Waals surface area (Å²) in [5, 5.41) is 1.67. The molecular formula is C20H26N2O5S2. The molecule has 0 aliphatic carbocycles. The van der Waals surface area contributed by atoms with Gasteiger partial charge in [-0.05, 0) is 48.9 Å². The van der Waals surface area contributed by atoms with Gasteiger partial charge in [0.2, 0.25) is 10.0 Å². The Labute approximate surface area is 175 Å². The Balaban J connectivity index is 1.85. The molecule has 0 radical (unpaired) electrons. The Hall–Kier alpha value is -2.10. The lowest BCUT2D eigenvalue weighted by molar-refractivity contribution is 0.0753. The second-order valence-corrected chi connectivity index (χ2v) is 9.56. The molecule has 7 nitrogen and oxygen atoms in total. The number of benzene rings is 1. The summed E-state index contributed by atoms with van der Waals surface area (Å²) in [6.45, 7) is 3.69. The molecule has 2 aromatic rings. The molecule has 3 rings (SSSR count). The number of hydrogen-bond acceptors (Lipinski definition) is 6. The van der Waals surface area contributed by atoms with Gasteiger partial charge in [0.15, 0.2) is 11.5 Å². The molecule has 1 aliphatic heterocycles. The lowest BCUT2D eigenvalue weighted by Gasteiger charge is -2.22. The molecule has 1 aliphatic rings. The molecule has 158 valence electrons. The SMILES string of the molecule is CCN(Cc1ccc(OC)c(OC)c1)C(=O)c1sccc1S(=O)(=O)N1CCCC1. The van der Waals surface area contributed by atoms with Crippen LogP contribution in [-0.4, -0.2) is 57.4 Å². The minimum absolute atomic E-state index is 0.111. The van der Waals surface area contributed by atoms with E-state index in [9.17, 15) is 13.2 Å². The van der Waals surface area contributed by atoms with Crippen molar-refractivity contribution < 1.29 is 22.7 Å². The average molecular weight is 439 g/mol. The van der Waals surface area contributed by atoms with Crippen LogP contribution in [-0.2, 0) is 16.6 Å². The normalized spacial score (nSPS) is 14.7. The summed E-state index contributed by atoms with van der Waals surface area (Å²) < 4.78 is 38.0. The van der Waals surface area contributed by atoms with E-state index in [1.54, 1.807) is 30.6 Å². The van der Waals surface area contributed by atoms with Gasteiger partial charge in [0.1, 0.15) is 9.77 Å². The highest BCUT2D eigenvalue weighted by atomic mass is 32.2. The number of hydrogen-bond donors (Lipinski definition) is 0. The number of sulfonamides is 1. The predicted molar refractivity (Wildman–Crippen MR) is 112 cm³/mol. The van der Waals surface area contributed by atoms with Crippen molar-refractivity contribution in [3.8, 4) is 11.5 Å². The third-order valence-corrected chi connectivity index (χ3v) is 7.97. The predicted octanol–water partition coefficient (Wildman–Crippen LogP) is 3.21. The zero-order valence-corrected chi connectivity index (χ0v) is 18.5. The lowest BCUT2D eigenvalue weighted by atomic mass is 10.2. The van der Waals surface area contributed by atoms with Crippen molar-refractivity contribution in [1.82, 2.24) is 9.21 Å². The van der Waals surface area contributed by atoms with Crippen LogP contribution in [0.1, 0.15) is 35.0 Å². The maximum atomic E-state index is 13.2. The molecule has 1 saturated heterocycles. The maximum absolute atomic E-state index is 13.2. The molecule has 9 heteroatoms. The monoisotopic (exact) mass is 438 g/mol. The van der Waals surface area contributed by atoms with Gasteiger partial charge in [-0.15, -0.1) is 11.3 Å². The van der Waals surface area contributed by atoms with Gasteiger partial charge in [-0.3, -0.25) is 4.79 Å². The first-order valence-electron chi connectivity index (χ1n) is 9.50. The first kappa shape index (κ1) is 21.6. The molecule has 1 fully saturated rings. The third-order valence-electron chi connectivity index (χ3n) is 5.00. The van der Waals surface area contributed by atoms with Crippen LogP contribution in [0.3, 0.4) is 0 Å². The summed E-state index contributed by atoms with van der Waals surface area (Å²) in [5.41, 5.74) is 0.873. The first-order chi connectivity index (χ1) is 13.9. The van der Waals surface area contributed by atoms with E-state index < -0.39 is 10.0 Å². The minimum atomic E-state index is -3.65. The topological polar surface area (TPSA) is 76.1 Å². The number of thiophene rings is 1. The van der Waals surface area contributed by atoms with Gasteiger partial charge in [0.05, 0.1) is 14.2 Å². The van der Waals surface area contributed by atoms with Gasteiger partial charge < -0.3 is 14.4 Å². The molecule has 29 heavy (non-hydrogen) atoms. The highest BCUT2D eigenvalue weighted by Gasteiger charge is 2.33. The Morgan fingerprint density at radius 2 is 1.83 bits per heavy atom. The summed E-state index contributed by atoms with van der Waals surface area (Å²) >= 11 is 1.17. The zero-order valence-electron chi connectivity index (χ0n) is 16.9. The van der Waals surface area contributed by atoms with Gasteiger partial charge in [-0.1, -0.05) is 6.07 Å². The van der Waals surface area contributed by atoms with Gasteiger partial charge in [0, 0.05) is 26.2 Å². The van der Waals surface area contributed by atoms with E-state index in [4.69, 9.17) is 9.47 Å². The van der Waals surface area contributed by atoms with Gasteiger partial charge >= 0.3 is 0 Å². The standard InChI is InChI=1S/C20H26N2O5S2/c1-4-21(14-15-7-8-16(26-2)17(13-15)27-3)20(23)19-18(9-12-28-19)29(24,25)22-10-5-6-11-22/h7-9,12-13H,4-6,10-11,14H2,1-3H3. The smallest absolute Gasteiger partial charge is 0.265 e. The Morgan fingerprint density at radius 1 is 1.14 bits per heavy atom. The fourth-order valence-electron chi connectivity index (χ4n) is 3.39. The average Bonchev–Trinajstić information content (AvgIpc) is 3.44. The second kappa shape index (κ2) is 9.15. The summed E-state index contributed by atoms with van der Waals surface area (Å²) in [6.07, 6.45) is 1.71. The minimum Gasteiger partial charge on any atom is -0.493 e. The Bertz CT molecular complexity index is 965. The van der Waals surface area contributed by atoms with Crippen LogP contribution >= 0.6 is 11.3 Å². The van der Waals surface area contributed by atoms with E-state index in [0.29, 0.717) is 37.7 Å². The van der Waals surface area contributed by atoms with Crippen molar-refractivity contribution in [1.29, 1.82) is 0 Å². The zero-order chi connectivity index (χ0) is 21.0. The first-order valence-corrected chi connectivity index (χ1v) is 11.8. The number of carbonyl (C=O) groups excluding carboxylic acids is 1. The number of methoxy groups -OCH3 is 2. The van der Waals surface area contributed by atoms with Crippen molar-refractivity contribution in [2.75, 3.05) is 33.9 Å². The Kier molecular flexibility index (Phi) is 6.81. The van der Waals surface area contributed by atoms with E-state index in [0.717, 1.165) is 18.4 Å². The molecule has 1 aromatic heterocycles. The molecule has 0 unspecified atom stereocenters. The molecular weight excluding hydrogens is 412 g/mol. The molecule has 0 N–H and O–H groups in total. The number of ether oxygens (including phenoxy) is 2. The van der Waals surface area contributed by atoms with E-state index in [2.05, 4.69) is 0 Å². The molecule has 1 aromatic carbocycles. The van der Waals surface area contributed by atoms with E-state index in [-0.39, 0.29) is 15.7 Å². The lowest BCUT2D eigenvalue weighted by Crippen LogP contribution is -2.33. The fraction of sp³-hybridized carbons (Fsp3) is 0.450. The van der Waals surface area contributed by atoms with Crippen molar-refractivity contribution in [3.05, 3.63) is 40.1 Å². The molecule has 2 heterocycles. The fourth-order valence-corrected chi connectivity index (χ4v) is 6.27. The van der Waals surface area contributed by atoms with Crippen LogP contribution in [0.5, 0.6) is 11.5 Å². The van der Waals surface area contributed by atoms with Crippen LogP contribution in [0.4, 0.5) is 0 Å². The van der Waals surface area contributed by atoms with Crippen molar-refractivity contribution >= 4 is 27.3 Å². The van der Waals surface area contributed by atoms with Crippen molar-refractivity contribution in [2.45, 2.75) is 31.2 Å². The van der Waals surface area contributed by atoms with Crippen LogP contribution in [0, 0.1) is 0 Å². The number of amides is 1. The van der Waals surface area contributed by atoms with Crippen LogP contribution in [0.25, 0.3) is 0 Å². The molecule has 0 atom stereocenters. The summed E-state index contributed by atoms with van der Waals surface area (Å²) in [7, 11) is -0.517. The molecule has 0 spiro atoms. The van der Waals surface area contributed by atoms with Crippen LogP contribution < -0.4 is 9.47 Å². The highest BCUT2D eigenvalue weighted by Crippen LogP contribution is 2.31. The van der Waals surface area contributed by atoms with Crippen LogP contribution in [0.15, 0.2) is 34.5 Å². The van der Waals surface area contributed by atoms with E-state index in [1.807, 2.05) is 19.1 Å². The molecule has 0 bridgehead atoms. The van der Waals surface area contributed by atoms with E-state index >= 15 is 0 Å². The maximum Gasteiger partial charge on any atom is 0.265 e. The van der Waals surface area contributed by atoms with Crippen LogP contribution in [0.2, 0.25) is 0 Å². The third kappa shape index (κ3) is 4.41. The van der Waals surface area contributed by atoms with Gasteiger partial charge in [0.25, 0.3) is 5.91 Å². The van der Waals surface area contributed by atoms with Crippen molar-refractivity contribution in [3.63, 3.8) is 0 Å². The highest BCUT2D eigenvalue weighted by molar-refractivity contribution is 7.89. The van der Waals surface area contributed by atoms with Crippen molar-refractivity contribution in [2.24, 2.45) is 0 Å². The quantitative estimate of drug-likeness (QED) is 0.633. The molecule has 0 saturated carbocycles. The second-order valence-electron chi connectivity index (χ2n) is 6.73. The summed E-state index contributed by atoms with van der Waals surface area (Å²) in [5.74, 6) is 0.917. The number of rotatable bonds is 8. The summed E-state index contributed by atoms with van der Waals surface area (Å²) in [4.78, 5) is 15.2. The largest absolute Gasteiger partial charge is 0.493 e. The molecule has 1 amide bonds. The Morgan fingerprint density at radius 3 is 2.45 bits per heavy atom. The van der Waals surface area contributed by atoms with Gasteiger partial charge in [-0.2, -0.15) is 4.31 Å². The number of carbonyl (C=O) groups is 1. The van der Waals surface area contributed by atoms with Gasteiger partial charge in [-0.25, -0.2) is 8.42 Å². The summed E-state index contributed by atoms with van der Waals surface area (Å²) in [6, 6.07) is 7.02.